The molecule has 0 spiro atoms. The Bertz CT molecular complexity index is 592. The summed E-state index contributed by atoms with van der Waals surface area (Å²) >= 11 is 0. The molecule has 0 aromatic heterocycles. The third-order valence-electron chi connectivity index (χ3n) is 3.20. The lowest BCUT2D eigenvalue weighted by Crippen LogP contribution is -2.51. The lowest BCUT2D eigenvalue weighted by Gasteiger charge is -2.31. The normalized spacial score (nSPS) is 20.9. The van der Waals surface area contributed by atoms with Gasteiger partial charge in [-0.2, -0.15) is 9.57 Å². The average Bonchev–Trinajstić information content (AvgIpc) is 2.39. The lowest BCUT2D eigenvalue weighted by atomic mass is 10.1. The summed E-state index contributed by atoms with van der Waals surface area (Å²) in [6.07, 6.45) is 0. The molecule has 1 fully saturated rings. The maximum absolute atomic E-state index is 12.4. The van der Waals surface area contributed by atoms with Crippen LogP contribution in [0.25, 0.3) is 0 Å². The van der Waals surface area contributed by atoms with Crippen molar-refractivity contribution in [2.75, 3.05) is 19.6 Å². The average molecular weight is 279 g/mol. The fourth-order valence-corrected chi connectivity index (χ4v) is 3.84. The van der Waals surface area contributed by atoms with Gasteiger partial charge in [-0.15, -0.1) is 0 Å². The van der Waals surface area contributed by atoms with Gasteiger partial charge in [-0.05, 0) is 18.6 Å². The first-order valence-corrected chi connectivity index (χ1v) is 7.83. The molecule has 1 atom stereocenters. The number of hydrogen-bond donors (Lipinski definition) is 1. The van der Waals surface area contributed by atoms with Crippen LogP contribution in [0.2, 0.25) is 0 Å². The first-order chi connectivity index (χ1) is 9.03. The molecule has 1 N–H and O–H groups in total. The maximum Gasteiger partial charge on any atom is 0.218 e. The Hall–Kier alpha value is -1.42. The minimum absolute atomic E-state index is 0.108. The molecule has 0 amide bonds. The maximum atomic E-state index is 12.4. The van der Waals surface area contributed by atoms with Crippen LogP contribution in [0.5, 0.6) is 0 Å². The first-order valence-electron chi connectivity index (χ1n) is 6.22. The number of piperazine rings is 1. The Morgan fingerprint density at radius 3 is 2.89 bits per heavy atom. The van der Waals surface area contributed by atoms with Crippen LogP contribution in [0.4, 0.5) is 0 Å². The van der Waals surface area contributed by atoms with E-state index in [2.05, 4.69) is 5.32 Å². The molecule has 6 heteroatoms. The summed E-state index contributed by atoms with van der Waals surface area (Å²) in [5.74, 6) is -0.108. The second kappa shape index (κ2) is 5.70. The predicted octanol–water partition coefficient (Wildman–Crippen LogP) is 0.682. The van der Waals surface area contributed by atoms with Crippen molar-refractivity contribution in [3.63, 3.8) is 0 Å². The van der Waals surface area contributed by atoms with E-state index in [-0.39, 0.29) is 11.8 Å². The number of benzene rings is 1. The number of nitriles is 1. The summed E-state index contributed by atoms with van der Waals surface area (Å²) in [7, 11) is -3.36. The minimum atomic E-state index is -3.36. The number of sulfonamides is 1. The molecule has 0 aliphatic carbocycles. The van der Waals surface area contributed by atoms with Crippen molar-refractivity contribution in [2.45, 2.75) is 18.7 Å². The van der Waals surface area contributed by atoms with E-state index < -0.39 is 10.0 Å². The van der Waals surface area contributed by atoms with E-state index in [4.69, 9.17) is 5.26 Å². The SMILES string of the molecule is C[C@@H]1CN(S(=O)(=O)Cc2ccccc2C#N)CCN1. The van der Waals surface area contributed by atoms with Crippen LogP contribution in [0.3, 0.4) is 0 Å². The second-order valence-corrected chi connectivity index (χ2v) is 6.71. The van der Waals surface area contributed by atoms with Gasteiger partial charge in [0.25, 0.3) is 0 Å². The van der Waals surface area contributed by atoms with Crippen molar-refractivity contribution in [1.29, 1.82) is 5.26 Å². The highest BCUT2D eigenvalue weighted by Crippen LogP contribution is 2.16. The fraction of sp³-hybridized carbons (Fsp3) is 0.462. The molecule has 1 heterocycles. The van der Waals surface area contributed by atoms with Gasteiger partial charge in [0.2, 0.25) is 10.0 Å². The molecule has 5 nitrogen and oxygen atoms in total. The summed E-state index contributed by atoms with van der Waals surface area (Å²) in [6, 6.07) is 9.03. The third-order valence-corrected chi connectivity index (χ3v) is 4.99. The van der Waals surface area contributed by atoms with Gasteiger partial charge in [-0.1, -0.05) is 18.2 Å². The molecule has 1 aliphatic heterocycles. The minimum Gasteiger partial charge on any atom is -0.312 e. The van der Waals surface area contributed by atoms with Gasteiger partial charge >= 0.3 is 0 Å². The molecule has 1 aromatic carbocycles. The largest absolute Gasteiger partial charge is 0.312 e. The Morgan fingerprint density at radius 1 is 1.47 bits per heavy atom. The van der Waals surface area contributed by atoms with E-state index in [1.807, 2.05) is 13.0 Å². The van der Waals surface area contributed by atoms with Crippen LogP contribution in [0.1, 0.15) is 18.1 Å². The van der Waals surface area contributed by atoms with Gasteiger partial charge in [-0.3, -0.25) is 0 Å². The zero-order chi connectivity index (χ0) is 13.9. The van der Waals surface area contributed by atoms with Crippen molar-refractivity contribution in [3.05, 3.63) is 35.4 Å². The Labute approximate surface area is 113 Å². The van der Waals surface area contributed by atoms with E-state index in [1.54, 1.807) is 24.3 Å². The summed E-state index contributed by atoms with van der Waals surface area (Å²) in [5.41, 5.74) is 0.991. The summed E-state index contributed by atoms with van der Waals surface area (Å²) < 4.78 is 26.2. The van der Waals surface area contributed by atoms with Crippen LogP contribution < -0.4 is 5.32 Å². The molecular formula is C13H17N3O2S. The van der Waals surface area contributed by atoms with Crippen molar-refractivity contribution in [3.8, 4) is 6.07 Å². The highest BCUT2D eigenvalue weighted by Gasteiger charge is 2.27. The Kier molecular flexibility index (Phi) is 4.20. The van der Waals surface area contributed by atoms with Crippen LogP contribution in [0, 0.1) is 11.3 Å². The standard InChI is InChI=1S/C13H17N3O2S/c1-11-9-16(7-6-15-11)19(17,18)10-13-5-3-2-4-12(13)8-14/h2-5,11,15H,6-7,9-10H2,1H3/t11-/m1/s1. The second-order valence-electron chi connectivity index (χ2n) is 4.74. The van der Waals surface area contributed by atoms with Gasteiger partial charge in [-0.25, -0.2) is 8.42 Å². The van der Waals surface area contributed by atoms with Gasteiger partial charge < -0.3 is 5.32 Å². The smallest absolute Gasteiger partial charge is 0.218 e. The van der Waals surface area contributed by atoms with E-state index in [0.717, 1.165) is 0 Å². The topological polar surface area (TPSA) is 73.2 Å². The summed E-state index contributed by atoms with van der Waals surface area (Å²) in [5, 5.41) is 12.2. The van der Waals surface area contributed by atoms with E-state index in [9.17, 15) is 8.42 Å². The molecule has 1 saturated heterocycles. The van der Waals surface area contributed by atoms with E-state index in [1.165, 1.54) is 4.31 Å². The summed E-state index contributed by atoms with van der Waals surface area (Å²) in [4.78, 5) is 0. The number of hydrogen-bond acceptors (Lipinski definition) is 4. The molecule has 0 bridgehead atoms. The Balaban J connectivity index is 2.19. The van der Waals surface area contributed by atoms with Gasteiger partial charge in [0, 0.05) is 25.7 Å². The third kappa shape index (κ3) is 3.32. The molecular weight excluding hydrogens is 262 g/mol. The van der Waals surface area contributed by atoms with Crippen LogP contribution in [-0.2, 0) is 15.8 Å². The molecule has 0 saturated carbocycles. The van der Waals surface area contributed by atoms with Crippen LogP contribution in [-0.4, -0.2) is 38.4 Å². The number of nitrogens with zero attached hydrogens (tertiary/aromatic N) is 2. The van der Waals surface area contributed by atoms with Crippen molar-refractivity contribution < 1.29 is 8.42 Å². The number of nitrogens with one attached hydrogen (secondary N) is 1. The van der Waals surface area contributed by atoms with Crippen molar-refractivity contribution in [1.82, 2.24) is 9.62 Å². The zero-order valence-electron chi connectivity index (χ0n) is 10.8. The van der Waals surface area contributed by atoms with Gasteiger partial charge in [0.05, 0.1) is 17.4 Å². The summed E-state index contributed by atoms with van der Waals surface area (Å²) in [6.45, 7) is 3.60. The van der Waals surface area contributed by atoms with Gasteiger partial charge in [0.15, 0.2) is 0 Å². The zero-order valence-corrected chi connectivity index (χ0v) is 11.7. The van der Waals surface area contributed by atoms with E-state index >= 15 is 0 Å². The van der Waals surface area contributed by atoms with Crippen molar-refractivity contribution >= 4 is 10.0 Å². The molecule has 0 unspecified atom stereocenters. The monoisotopic (exact) mass is 279 g/mol. The van der Waals surface area contributed by atoms with E-state index in [0.29, 0.717) is 30.8 Å². The lowest BCUT2D eigenvalue weighted by molar-refractivity contribution is 0.310. The first kappa shape index (κ1) is 14.0. The highest BCUT2D eigenvalue weighted by molar-refractivity contribution is 7.88. The quantitative estimate of drug-likeness (QED) is 0.883. The molecule has 0 radical (unpaired) electrons. The Morgan fingerprint density at radius 2 is 2.21 bits per heavy atom. The molecule has 1 aromatic rings. The highest BCUT2D eigenvalue weighted by atomic mass is 32.2. The predicted molar refractivity (Wildman–Crippen MR) is 72.8 cm³/mol. The van der Waals surface area contributed by atoms with Crippen LogP contribution >= 0.6 is 0 Å². The van der Waals surface area contributed by atoms with Gasteiger partial charge in [0.1, 0.15) is 0 Å². The van der Waals surface area contributed by atoms with Crippen LogP contribution in [0.15, 0.2) is 24.3 Å². The fourth-order valence-electron chi connectivity index (χ4n) is 2.19. The molecule has 1 aliphatic rings. The molecule has 19 heavy (non-hydrogen) atoms. The number of rotatable bonds is 3. The van der Waals surface area contributed by atoms with Crippen molar-refractivity contribution in [2.24, 2.45) is 0 Å². The molecule has 2 rings (SSSR count). The molecule has 102 valence electrons.